The number of nitrogens with zero attached hydrogens (tertiary/aromatic N) is 1. The Balaban J connectivity index is 4.00. The van der Waals surface area contributed by atoms with E-state index in [0.717, 1.165) is 6.42 Å². The first kappa shape index (κ1) is 13.4. The van der Waals surface area contributed by atoms with Crippen molar-refractivity contribution in [1.29, 1.82) is 0 Å². The van der Waals surface area contributed by atoms with Crippen LogP contribution in [0.4, 0.5) is 0 Å². The molecule has 3 nitrogen and oxygen atoms in total. The first-order chi connectivity index (χ1) is 6.26. The molecule has 3 heteroatoms. The number of carbonyl (C=O) groups is 1. The Hall–Kier alpha value is -0.570. The van der Waals surface area contributed by atoms with Crippen molar-refractivity contribution < 1.29 is 9.90 Å². The van der Waals surface area contributed by atoms with Gasteiger partial charge in [-0.3, -0.25) is 4.79 Å². The lowest BCUT2D eigenvalue weighted by molar-refractivity contribution is -0.133. The van der Waals surface area contributed by atoms with E-state index in [1.165, 1.54) is 0 Å². The van der Waals surface area contributed by atoms with Crippen LogP contribution in [0.1, 0.15) is 40.5 Å². The average molecular weight is 201 g/mol. The summed E-state index contributed by atoms with van der Waals surface area (Å²) < 4.78 is 0. The van der Waals surface area contributed by atoms with Gasteiger partial charge in [0, 0.05) is 20.0 Å². The van der Waals surface area contributed by atoms with Crippen molar-refractivity contribution in [2.75, 3.05) is 13.6 Å². The molecule has 0 spiro atoms. The molecule has 1 unspecified atom stereocenters. The molecule has 0 aromatic rings. The third-order valence-electron chi connectivity index (χ3n) is 2.27. The van der Waals surface area contributed by atoms with Crippen molar-refractivity contribution in [3.63, 3.8) is 0 Å². The highest BCUT2D eigenvalue weighted by atomic mass is 16.3. The van der Waals surface area contributed by atoms with Crippen LogP contribution in [0.3, 0.4) is 0 Å². The first-order valence-electron chi connectivity index (χ1n) is 5.22. The van der Waals surface area contributed by atoms with Gasteiger partial charge in [0.15, 0.2) is 0 Å². The third kappa shape index (κ3) is 5.97. The topological polar surface area (TPSA) is 40.5 Å². The van der Waals surface area contributed by atoms with E-state index in [4.69, 9.17) is 0 Å². The minimum absolute atomic E-state index is 0.112. The number of hydrogen-bond donors (Lipinski definition) is 1. The van der Waals surface area contributed by atoms with Gasteiger partial charge in [0.1, 0.15) is 0 Å². The van der Waals surface area contributed by atoms with Gasteiger partial charge >= 0.3 is 0 Å². The van der Waals surface area contributed by atoms with E-state index in [1.807, 2.05) is 0 Å². The number of aliphatic hydroxyl groups is 1. The zero-order chi connectivity index (χ0) is 11.4. The van der Waals surface area contributed by atoms with Crippen LogP contribution in [0.15, 0.2) is 0 Å². The van der Waals surface area contributed by atoms with Gasteiger partial charge in [-0.25, -0.2) is 0 Å². The van der Waals surface area contributed by atoms with Crippen molar-refractivity contribution in [2.24, 2.45) is 5.92 Å². The van der Waals surface area contributed by atoms with Crippen molar-refractivity contribution in [3.05, 3.63) is 0 Å². The van der Waals surface area contributed by atoms with E-state index < -0.39 is 5.60 Å². The number of amides is 1. The molecule has 0 bridgehead atoms. The minimum atomic E-state index is -0.806. The standard InChI is InChI=1S/C11H23NO2/c1-6-9(2)7-10(13)12(5)8-11(3,4)14/h9,14H,6-8H2,1-5H3. The molecule has 0 rings (SSSR count). The molecule has 0 aromatic heterocycles. The highest BCUT2D eigenvalue weighted by Crippen LogP contribution is 2.10. The maximum Gasteiger partial charge on any atom is 0.222 e. The van der Waals surface area contributed by atoms with Crippen LogP contribution in [0, 0.1) is 5.92 Å². The van der Waals surface area contributed by atoms with Gasteiger partial charge < -0.3 is 10.0 Å². The van der Waals surface area contributed by atoms with Gasteiger partial charge in [-0.05, 0) is 19.8 Å². The molecule has 0 aliphatic carbocycles. The lowest BCUT2D eigenvalue weighted by atomic mass is 10.0. The van der Waals surface area contributed by atoms with Gasteiger partial charge in [-0.2, -0.15) is 0 Å². The van der Waals surface area contributed by atoms with Crippen LogP contribution < -0.4 is 0 Å². The molecular formula is C11H23NO2. The lowest BCUT2D eigenvalue weighted by Crippen LogP contribution is -2.40. The highest BCUT2D eigenvalue weighted by molar-refractivity contribution is 5.76. The summed E-state index contributed by atoms with van der Waals surface area (Å²) in [4.78, 5) is 13.2. The predicted molar refractivity (Wildman–Crippen MR) is 58.0 cm³/mol. The molecule has 1 N–H and O–H groups in total. The van der Waals surface area contributed by atoms with Crippen LogP contribution in [-0.2, 0) is 4.79 Å². The molecule has 0 heterocycles. The molecule has 1 atom stereocenters. The van der Waals surface area contributed by atoms with Crippen LogP contribution >= 0.6 is 0 Å². The fourth-order valence-corrected chi connectivity index (χ4v) is 1.27. The molecule has 0 saturated heterocycles. The predicted octanol–water partition coefficient (Wildman–Crippen LogP) is 1.65. The summed E-state index contributed by atoms with van der Waals surface area (Å²) in [6, 6.07) is 0. The second-order valence-corrected chi connectivity index (χ2v) is 4.78. The van der Waals surface area contributed by atoms with Gasteiger partial charge in [0.2, 0.25) is 5.91 Å². The largest absolute Gasteiger partial charge is 0.389 e. The van der Waals surface area contributed by atoms with E-state index in [2.05, 4.69) is 13.8 Å². The number of rotatable bonds is 5. The SMILES string of the molecule is CCC(C)CC(=O)N(C)CC(C)(C)O. The van der Waals surface area contributed by atoms with Crippen molar-refractivity contribution in [3.8, 4) is 0 Å². The molecule has 0 radical (unpaired) electrons. The van der Waals surface area contributed by atoms with E-state index in [9.17, 15) is 9.90 Å². The van der Waals surface area contributed by atoms with Crippen LogP contribution in [0.5, 0.6) is 0 Å². The fourth-order valence-electron chi connectivity index (χ4n) is 1.27. The summed E-state index contributed by atoms with van der Waals surface area (Å²) in [6.45, 7) is 7.95. The second-order valence-electron chi connectivity index (χ2n) is 4.78. The summed E-state index contributed by atoms with van der Waals surface area (Å²) in [7, 11) is 1.74. The summed E-state index contributed by atoms with van der Waals surface area (Å²) in [5, 5.41) is 9.53. The van der Waals surface area contributed by atoms with Gasteiger partial charge in [0.25, 0.3) is 0 Å². The molecule has 0 aromatic carbocycles. The van der Waals surface area contributed by atoms with Gasteiger partial charge in [0.05, 0.1) is 5.60 Å². The second kappa shape index (κ2) is 5.35. The Morgan fingerprint density at radius 3 is 2.36 bits per heavy atom. The van der Waals surface area contributed by atoms with Gasteiger partial charge in [-0.15, -0.1) is 0 Å². The van der Waals surface area contributed by atoms with Crippen LogP contribution in [0.2, 0.25) is 0 Å². The van der Waals surface area contributed by atoms with E-state index in [-0.39, 0.29) is 5.91 Å². The summed E-state index contributed by atoms with van der Waals surface area (Å²) in [5.74, 6) is 0.535. The molecule has 0 aliphatic rings. The first-order valence-corrected chi connectivity index (χ1v) is 5.22. The number of likely N-dealkylation sites (N-methyl/N-ethyl adjacent to an activating group) is 1. The summed E-state index contributed by atoms with van der Waals surface area (Å²) in [6.07, 6.45) is 1.59. The van der Waals surface area contributed by atoms with Crippen LogP contribution in [0.25, 0.3) is 0 Å². The maximum atomic E-state index is 11.6. The maximum absolute atomic E-state index is 11.6. The molecule has 1 amide bonds. The summed E-state index contributed by atoms with van der Waals surface area (Å²) >= 11 is 0. The number of carbonyl (C=O) groups excluding carboxylic acids is 1. The van der Waals surface area contributed by atoms with E-state index >= 15 is 0 Å². The number of hydrogen-bond acceptors (Lipinski definition) is 2. The Morgan fingerprint density at radius 1 is 1.50 bits per heavy atom. The Morgan fingerprint density at radius 2 is 2.00 bits per heavy atom. The van der Waals surface area contributed by atoms with Crippen LogP contribution in [-0.4, -0.2) is 35.1 Å². The zero-order valence-electron chi connectivity index (χ0n) is 10.0. The highest BCUT2D eigenvalue weighted by Gasteiger charge is 2.19. The monoisotopic (exact) mass is 201 g/mol. The quantitative estimate of drug-likeness (QED) is 0.734. The molecule has 0 aliphatic heterocycles. The molecule has 0 saturated carbocycles. The summed E-state index contributed by atoms with van der Waals surface area (Å²) in [5.41, 5.74) is -0.806. The average Bonchev–Trinajstić information content (AvgIpc) is 2.00. The Kier molecular flexibility index (Phi) is 5.13. The minimum Gasteiger partial charge on any atom is -0.389 e. The van der Waals surface area contributed by atoms with E-state index in [0.29, 0.717) is 18.9 Å². The Labute approximate surface area is 87.1 Å². The van der Waals surface area contributed by atoms with E-state index in [1.54, 1.807) is 25.8 Å². The van der Waals surface area contributed by atoms with Crippen molar-refractivity contribution in [1.82, 2.24) is 4.90 Å². The van der Waals surface area contributed by atoms with Crippen molar-refractivity contribution in [2.45, 2.75) is 46.1 Å². The third-order valence-corrected chi connectivity index (χ3v) is 2.27. The lowest BCUT2D eigenvalue weighted by Gasteiger charge is -2.26. The normalized spacial score (nSPS) is 13.9. The Bertz CT molecular complexity index is 184. The molecule has 14 heavy (non-hydrogen) atoms. The molecular weight excluding hydrogens is 178 g/mol. The molecule has 0 fully saturated rings. The van der Waals surface area contributed by atoms with Gasteiger partial charge in [-0.1, -0.05) is 20.3 Å². The molecule has 84 valence electrons. The zero-order valence-corrected chi connectivity index (χ0v) is 10.0. The fraction of sp³-hybridized carbons (Fsp3) is 0.909. The smallest absolute Gasteiger partial charge is 0.222 e. The van der Waals surface area contributed by atoms with Crippen molar-refractivity contribution >= 4 is 5.91 Å².